The molecule has 1 aliphatic rings. The number of hydrogen-bond acceptors (Lipinski definition) is 5. The van der Waals surface area contributed by atoms with Crippen LogP contribution in [0.25, 0.3) is 0 Å². The zero-order chi connectivity index (χ0) is 18.5. The van der Waals surface area contributed by atoms with E-state index in [1.807, 2.05) is 25.1 Å². The van der Waals surface area contributed by atoms with Gasteiger partial charge in [0.2, 0.25) is 5.91 Å². The molecule has 0 atom stereocenters. The molecule has 7 heteroatoms. The Hall–Kier alpha value is -2.41. The molecule has 2 amide bonds. The lowest BCUT2D eigenvalue weighted by atomic mass is 10.2. The summed E-state index contributed by atoms with van der Waals surface area (Å²) < 4.78 is 0. The Labute approximate surface area is 157 Å². The second kappa shape index (κ2) is 8.31. The first-order valence-corrected chi connectivity index (χ1v) is 9.77. The highest BCUT2D eigenvalue weighted by atomic mass is 32.1. The molecule has 1 aliphatic heterocycles. The van der Waals surface area contributed by atoms with Crippen molar-refractivity contribution in [2.75, 3.05) is 29.9 Å². The van der Waals surface area contributed by atoms with Gasteiger partial charge in [-0.05, 0) is 49.9 Å². The van der Waals surface area contributed by atoms with Crippen molar-refractivity contribution < 1.29 is 9.59 Å². The van der Waals surface area contributed by atoms with Gasteiger partial charge in [0.15, 0.2) is 0 Å². The van der Waals surface area contributed by atoms with Crippen LogP contribution in [0.2, 0.25) is 0 Å². The van der Waals surface area contributed by atoms with Crippen molar-refractivity contribution >= 4 is 34.7 Å². The zero-order valence-corrected chi connectivity index (χ0v) is 16.0. The summed E-state index contributed by atoms with van der Waals surface area (Å²) in [5.74, 6) is 0.460. The predicted octanol–water partition coefficient (Wildman–Crippen LogP) is 2.98. The molecule has 3 rings (SSSR count). The Morgan fingerprint density at radius 1 is 1.27 bits per heavy atom. The summed E-state index contributed by atoms with van der Waals surface area (Å²) in [6, 6.07) is 5.63. The van der Waals surface area contributed by atoms with Crippen molar-refractivity contribution in [1.29, 1.82) is 0 Å². The van der Waals surface area contributed by atoms with Gasteiger partial charge in [0.1, 0.15) is 5.82 Å². The van der Waals surface area contributed by atoms with Gasteiger partial charge in [-0.15, -0.1) is 11.3 Å². The van der Waals surface area contributed by atoms with Crippen LogP contribution in [-0.4, -0.2) is 36.4 Å². The van der Waals surface area contributed by atoms with Gasteiger partial charge in [0, 0.05) is 18.0 Å². The van der Waals surface area contributed by atoms with Crippen molar-refractivity contribution in [3.05, 3.63) is 39.7 Å². The molecule has 2 aromatic rings. The van der Waals surface area contributed by atoms with Crippen LogP contribution in [-0.2, 0) is 11.2 Å². The Morgan fingerprint density at radius 2 is 2.04 bits per heavy atom. The topological polar surface area (TPSA) is 74.3 Å². The summed E-state index contributed by atoms with van der Waals surface area (Å²) in [4.78, 5) is 32.7. The molecular weight excluding hydrogens is 348 g/mol. The standard InChI is InChI=1S/C19H24N4O2S/c1-3-15-13(2)10-16(26-15)19(25)21-12-18(24)22-14-6-7-17(20-11-14)23-8-4-5-9-23/h6-7,10-11H,3-5,8-9,12H2,1-2H3,(H,21,25)(H,22,24). The van der Waals surface area contributed by atoms with Crippen molar-refractivity contribution in [2.45, 2.75) is 33.1 Å². The minimum absolute atomic E-state index is 0.0644. The lowest BCUT2D eigenvalue weighted by Gasteiger charge is -2.16. The molecular formula is C19H24N4O2S. The molecule has 0 radical (unpaired) electrons. The summed E-state index contributed by atoms with van der Waals surface area (Å²) >= 11 is 1.48. The summed E-state index contributed by atoms with van der Waals surface area (Å²) in [6.07, 6.45) is 4.96. The number of thiophene rings is 1. The SMILES string of the molecule is CCc1sc(C(=O)NCC(=O)Nc2ccc(N3CCCC3)nc2)cc1C. The van der Waals surface area contributed by atoms with E-state index in [9.17, 15) is 9.59 Å². The van der Waals surface area contributed by atoms with Crippen molar-refractivity contribution in [2.24, 2.45) is 0 Å². The average Bonchev–Trinajstić information content (AvgIpc) is 3.30. The van der Waals surface area contributed by atoms with Gasteiger partial charge in [-0.25, -0.2) is 4.98 Å². The molecule has 0 spiro atoms. The predicted molar refractivity (Wildman–Crippen MR) is 105 cm³/mol. The largest absolute Gasteiger partial charge is 0.357 e. The van der Waals surface area contributed by atoms with Crippen LogP contribution in [0.5, 0.6) is 0 Å². The van der Waals surface area contributed by atoms with E-state index in [-0.39, 0.29) is 18.4 Å². The van der Waals surface area contributed by atoms with Crippen molar-refractivity contribution in [1.82, 2.24) is 10.3 Å². The van der Waals surface area contributed by atoms with E-state index in [0.29, 0.717) is 10.6 Å². The Kier molecular flexibility index (Phi) is 5.88. The van der Waals surface area contributed by atoms with E-state index in [1.54, 1.807) is 6.20 Å². The third-order valence-corrected chi connectivity index (χ3v) is 5.82. The van der Waals surface area contributed by atoms with Gasteiger partial charge >= 0.3 is 0 Å². The van der Waals surface area contributed by atoms with E-state index in [2.05, 4.69) is 27.4 Å². The molecule has 0 unspecified atom stereocenters. The zero-order valence-electron chi connectivity index (χ0n) is 15.2. The number of pyridine rings is 1. The lowest BCUT2D eigenvalue weighted by Crippen LogP contribution is -2.32. The first kappa shape index (κ1) is 18.4. The number of carbonyl (C=O) groups excluding carboxylic acids is 2. The van der Waals surface area contributed by atoms with Gasteiger partial charge in [-0.2, -0.15) is 0 Å². The Bertz CT molecular complexity index is 779. The van der Waals surface area contributed by atoms with E-state index in [0.717, 1.165) is 30.9 Å². The van der Waals surface area contributed by atoms with Crippen molar-refractivity contribution in [3.63, 3.8) is 0 Å². The van der Waals surface area contributed by atoms with E-state index in [1.165, 1.54) is 29.1 Å². The monoisotopic (exact) mass is 372 g/mol. The minimum Gasteiger partial charge on any atom is -0.357 e. The van der Waals surface area contributed by atoms with E-state index < -0.39 is 0 Å². The molecule has 138 valence electrons. The maximum Gasteiger partial charge on any atom is 0.261 e. The van der Waals surface area contributed by atoms with Gasteiger partial charge in [0.05, 0.1) is 23.3 Å². The highest BCUT2D eigenvalue weighted by Crippen LogP contribution is 2.22. The van der Waals surface area contributed by atoms with Gasteiger partial charge in [0.25, 0.3) is 5.91 Å². The van der Waals surface area contributed by atoms with Crippen LogP contribution in [0.4, 0.5) is 11.5 Å². The molecule has 26 heavy (non-hydrogen) atoms. The average molecular weight is 372 g/mol. The van der Waals surface area contributed by atoms with Gasteiger partial charge in [-0.1, -0.05) is 6.92 Å². The summed E-state index contributed by atoms with van der Waals surface area (Å²) in [7, 11) is 0. The first-order chi connectivity index (χ1) is 12.6. The molecule has 0 bridgehead atoms. The molecule has 0 aliphatic carbocycles. The van der Waals surface area contributed by atoms with Crippen LogP contribution in [0, 0.1) is 6.92 Å². The van der Waals surface area contributed by atoms with Crippen LogP contribution >= 0.6 is 11.3 Å². The number of rotatable bonds is 6. The summed E-state index contributed by atoms with van der Waals surface area (Å²) in [5.41, 5.74) is 1.75. The number of hydrogen-bond donors (Lipinski definition) is 2. The Balaban J connectivity index is 1.49. The van der Waals surface area contributed by atoms with E-state index >= 15 is 0 Å². The third-order valence-electron chi connectivity index (χ3n) is 4.44. The third kappa shape index (κ3) is 4.40. The molecule has 0 saturated carbocycles. The quantitative estimate of drug-likeness (QED) is 0.817. The lowest BCUT2D eigenvalue weighted by molar-refractivity contribution is -0.115. The summed E-state index contributed by atoms with van der Waals surface area (Å²) in [6.45, 7) is 6.07. The number of nitrogens with zero attached hydrogens (tertiary/aromatic N) is 2. The highest BCUT2D eigenvalue weighted by Gasteiger charge is 2.14. The van der Waals surface area contributed by atoms with Gasteiger partial charge in [-0.3, -0.25) is 9.59 Å². The van der Waals surface area contributed by atoms with Crippen LogP contribution < -0.4 is 15.5 Å². The molecule has 3 heterocycles. The fraction of sp³-hybridized carbons (Fsp3) is 0.421. The van der Waals surface area contributed by atoms with Crippen LogP contribution in [0.1, 0.15) is 39.9 Å². The second-order valence-corrected chi connectivity index (χ2v) is 7.54. The molecule has 6 nitrogen and oxygen atoms in total. The molecule has 1 fully saturated rings. The number of aromatic nitrogens is 1. The van der Waals surface area contributed by atoms with Crippen LogP contribution in [0.3, 0.4) is 0 Å². The fourth-order valence-electron chi connectivity index (χ4n) is 3.03. The summed E-state index contributed by atoms with van der Waals surface area (Å²) in [5, 5.41) is 5.43. The number of amides is 2. The Morgan fingerprint density at radius 3 is 2.65 bits per heavy atom. The van der Waals surface area contributed by atoms with Crippen LogP contribution in [0.15, 0.2) is 24.4 Å². The molecule has 0 aromatic carbocycles. The number of nitrogens with one attached hydrogen (secondary N) is 2. The number of carbonyl (C=O) groups is 2. The minimum atomic E-state index is -0.266. The highest BCUT2D eigenvalue weighted by molar-refractivity contribution is 7.14. The number of anilines is 2. The maximum atomic E-state index is 12.2. The van der Waals surface area contributed by atoms with E-state index in [4.69, 9.17) is 0 Å². The van der Waals surface area contributed by atoms with Crippen molar-refractivity contribution in [3.8, 4) is 0 Å². The maximum absolute atomic E-state index is 12.2. The smallest absolute Gasteiger partial charge is 0.261 e. The normalized spacial score (nSPS) is 13.7. The second-order valence-electron chi connectivity index (χ2n) is 6.40. The molecule has 2 N–H and O–H groups in total. The fourth-order valence-corrected chi connectivity index (χ4v) is 4.06. The number of aryl methyl sites for hydroxylation is 2. The first-order valence-electron chi connectivity index (χ1n) is 8.95. The molecule has 1 saturated heterocycles. The molecule has 2 aromatic heterocycles. The van der Waals surface area contributed by atoms with Gasteiger partial charge < -0.3 is 15.5 Å².